The Bertz CT molecular complexity index is 3590. The van der Waals surface area contributed by atoms with Gasteiger partial charge in [0, 0.05) is 32.1 Å². The lowest BCUT2D eigenvalue weighted by Gasteiger charge is -2.34. The molecule has 0 saturated heterocycles. The van der Waals surface area contributed by atoms with E-state index < -0.39 is 5.41 Å². The van der Waals surface area contributed by atoms with Gasteiger partial charge in [0.05, 0.1) is 21.5 Å². The molecule has 11 aromatic rings. The summed E-state index contributed by atoms with van der Waals surface area (Å²) in [5.74, 6) is 0. The Labute approximate surface area is 378 Å². The Hall–Kier alpha value is -7.52. The number of anilines is 3. The van der Waals surface area contributed by atoms with E-state index in [0.717, 1.165) is 11.4 Å². The SMILES string of the molecule is CC1(C)c2ccccc2-c2c(-c3ccc(N(c4cccc5c4-c4ccccc4C5(c4ccccc4)c4ccccc4)c4cccc5c4sc4c6ccccc6ccc54)cc3)cccc21. The summed E-state index contributed by atoms with van der Waals surface area (Å²) in [5.41, 5.74) is 18.5. The third-order valence-corrected chi connectivity index (χ3v) is 15.6. The molecule has 1 nitrogen and oxygen atoms in total. The van der Waals surface area contributed by atoms with Crippen LogP contribution < -0.4 is 4.90 Å². The van der Waals surface area contributed by atoms with E-state index >= 15 is 0 Å². The average Bonchev–Trinajstić information content (AvgIpc) is 3.97. The highest BCUT2D eigenvalue weighted by molar-refractivity contribution is 7.27. The van der Waals surface area contributed by atoms with E-state index in [1.165, 1.54) is 103 Å². The first-order chi connectivity index (χ1) is 31.5. The van der Waals surface area contributed by atoms with Crippen LogP contribution in [0.4, 0.5) is 17.1 Å². The van der Waals surface area contributed by atoms with Crippen LogP contribution in [0.25, 0.3) is 64.3 Å². The highest BCUT2D eigenvalue weighted by Gasteiger charge is 2.47. The molecule has 2 heteroatoms. The molecule has 0 aliphatic heterocycles. The van der Waals surface area contributed by atoms with Gasteiger partial charge in [0.25, 0.3) is 0 Å². The van der Waals surface area contributed by atoms with Crippen molar-refractivity contribution in [1.29, 1.82) is 0 Å². The number of thiophene rings is 1. The Morgan fingerprint density at radius 3 is 1.67 bits per heavy atom. The molecule has 1 heterocycles. The van der Waals surface area contributed by atoms with Gasteiger partial charge < -0.3 is 4.90 Å². The quantitative estimate of drug-likeness (QED) is 0.161. The molecule has 2 aliphatic carbocycles. The van der Waals surface area contributed by atoms with E-state index in [0.29, 0.717) is 0 Å². The predicted molar refractivity (Wildman–Crippen MR) is 272 cm³/mol. The molecule has 2 aliphatic rings. The average molecular weight is 834 g/mol. The topological polar surface area (TPSA) is 3.24 Å². The van der Waals surface area contributed by atoms with Crippen molar-refractivity contribution in [3.63, 3.8) is 0 Å². The highest BCUT2D eigenvalue weighted by atomic mass is 32.1. The van der Waals surface area contributed by atoms with Crippen LogP contribution >= 0.6 is 11.3 Å². The van der Waals surface area contributed by atoms with Crippen molar-refractivity contribution in [2.75, 3.05) is 4.90 Å². The molecular formula is C62H43NS. The summed E-state index contributed by atoms with van der Waals surface area (Å²) in [5, 5.41) is 5.15. The molecular weight excluding hydrogens is 791 g/mol. The van der Waals surface area contributed by atoms with Crippen LogP contribution in [-0.2, 0) is 10.8 Å². The first-order valence-electron chi connectivity index (χ1n) is 22.3. The lowest BCUT2D eigenvalue weighted by atomic mass is 9.68. The summed E-state index contributed by atoms with van der Waals surface area (Å²) in [6.07, 6.45) is 0. The standard InChI is InChI=1S/C62H43NS/c1-61(2)51-28-13-11-24-49(51)57-45(26-15-30-53(57)61)41-34-37-44(38-35-41)63(56-33-16-27-47-48-39-36-40-18-9-10-23-46(40)59(48)64-60(47)56)55-32-17-31-54-58(55)50-25-12-14-29-52(50)62(54,42-19-5-3-6-20-42)43-21-7-4-8-22-43/h3-39H,1-2H3. The molecule has 0 radical (unpaired) electrons. The minimum absolute atomic E-state index is 0.0639. The minimum atomic E-state index is -0.514. The van der Waals surface area contributed by atoms with Crippen molar-refractivity contribution in [2.24, 2.45) is 0 Å². The Balaban J connectivity index is 1.08. The molecule has 0 N–H and O–H groups in total. The van der Waals surface area contributed by atoms with Crippen molar-refractivity contribution in [2.45, 2.75) is 24.7 Å². The van der Waals surface area contributed by atoms with Crippen LogP contribution in [0.5, 0.6) is 0 Å². The number of benzene rings is 10. The number of fused-ring (bicyclic) bond motifs is 11. The summed E-state index contributed by atoms with van der Waals surface area (Å²) >= 11 is 1.91. The highest BCUT2D eigenvalue weighted by Crippen LogP contribution is 2.60. The molecule has 0 spiro atoms. The zero-order valence-corrected chi connectivity index (χ0v) is 36.5. The van der Waals surface area contributed by atoms with Crippen LogP contribution in [0.15, 0.2) is 224 Å². The van der Waals surface area contributed by atoms with Gasteiger partial charge >= 0.3 is 0 Å². The van der Waals surface area contributed by atoms with E-state index in [4.69, 9.17) is 0 Å². The van der Waals surface area contributed by atoms with E-state index in [9.17, 15) is 0 Å². The summed E-state index contributed by atoms with van der Waals surface area (Å²) in [6, 6.07) is 83.9. The van der Waals surface area contributed by atoms with Gasteiger partial charge in [-0.15, -0.1) is 11.3 Å². The second-order valence-electron chi connectivity index (χ2n) is 17.9. The van der Waals surface area contributed by atoms with Gasteiger partial charge in [0.15, 0.2) is 0 Å². The van der Waals surface area contributed by atoms with Crippen LogP contribution in [0.2, 0.25) is 0 Å². The Morgan fingerprint density at radius 2 is 0.906 bits per heavy atom. The maximum Gasteiger partial charge on any atom is 0.0714 e. The van der Waals surface area contributed by atoms with Gasteiger partial charge in [-0.05, 0) is 96.2 Å². The fourth-order valence-electron chi connectivity index (χ4n) is 11.5. The van der Waals surface area contributed by atoms with Crippen molar-refractivity contribution in [3.05, 3.63) is 258 Å². The molecule has 10 aromatic carbocycles. The molecule has 64 heavy (non-hydrogen) atoms. The smallest absolute Gasteiger partial charge is 0.0714 e. The van der Waals surface area contributed by atoms with Gasteiger partial charge in [0.2, 0.25) is 0 Å². The summed E-state index contributed by atoms with van der Waals surface area (Å²) in [7, 11) is 0. The number of rotatable bonds is 6. The molecule has 302 valence electrons. The first-order valence-corrected chi connectivity index (χ1v) is 23.2. The first kappa shape index (κ1) is 37.1. The zero-order valence-electron chi connectivity index (χ0n) is 35.7. The van der Waals surface area contributed by atoms with Crippen LogP contribution in [-0.4, -0.2) is 0 Å². The van der Waals surface area contributed by atoms with Crippen molar-refractivity contribution >= 4 is 59.3 Å². The summed E-state index contributed by atoms with van der Waals surface area (Å²) < 4.78 is 2.60. The molecule has 1 aromatic heterocycles. The monoisotopic (exact) mass is 833 g/mol. The van der Waals surface area contributed by atoms with Crippen molar-refractivity contribution in [3.8, 4) is 33.4 Å². The minimum Gasteiger partial charge on any atom is -0.308 e. The third-order valence-electron chi connectivity index (χ3n) is 14.4. The van der Waals surface area contributed by atoms with E-state index in [2.05, 4.69) is 243 Å². The van der Waals surface area contributed by atoms with Crippen molar-refractivity contribution < 1.29 is 0 Å². The summed E-state index contributed by atoms with van der Waals surface area (Å²) in [6.45, 7) is 4.72. The van der Waals surface area contributed by atoms with Crippen LogP contribution in [0.1, 0.15) is 47.2 Å². The van der Waals surface area contributed by atoms with Crippen molar-refractivity contribution in [1.82, 2.24) is 0 Å². The zero-order chi connectivity index (χ0) is 42.6. The number of hydrogen-bond donors (Lipinski definition) is 0. The molecule has 0 fully saturated rings. The van der Waals surface area contributed by atoms with Gasteiger partial charge in [-0.1, -0.05) is 214 Å². The maximum atomic E-state index is 2.55. The fourth-order valence-corrected chi connectivity index (χ4v) is 12.9. The van der Waals surface area contributed by atoms with Crippen LogP contribution in [0.3, 0.4) is 0 Å². The largest absolute Gasteiger partial charge is 0.308 e. The molecule has 13 rings (SSSR count). The fraction of sp³-hybridized carbons (Fsp3) is 0.0645. The molecule has 0 amide bonds. The Kier molecular flexibility index (Phi) is 8.11. The molecule has 0 saturated carbocycles. The van der Waals surface area contributed by atoms with Gasteiger partial charge in [-0.3, -0.25) is 0 Å². The molecule has 0 bridgehead atoms. The second kappa shape index (κ2) is 14.0. The van der Waals surface area contributed by atoms with E-state index in [1.54, 1.807) is 0 Å². The molecule has 0 atom stereocenters. The third kappa shape index (κ3) is 5.12. The number of nitrogens with zero attached hydrogens (tertiary/aromatic N) is 1. The summed E-state index contributed by atoms with van der Waals surface area (Å²) in [4.78, 5) is 2.55. The lowest BCUT2D eigenvalue weighted by Crippen LogP contribution is -2.28. The normalized spacial score (nSPS) is 14.0. The van der Waals surface area contributed by atoms with E-state index in [1.807, 2.05) is 11.3 Å². The van der Waals surface area contributed by atoms with Gasteiger partial charge in [-0.2, -0.15) is 0 Å². The van der Waals surface area contributed by atoms with Gasteiger partial charge in [0.1, 0.15) is 0 Å². The Morgan fingerprint density at radius 1 is 0.359 bits per heavy atom. The number of hydrogen-bond acceptors (Lipinski definition) is 2. The maximum absolute atomic E-state index is 2.55. The predicted octanol–water partition coefficient (Wildman–Crippen LogP) is 17.0. The lowest BCUT2D eigenvalue weighted by molar-refractivity contribution is 0.660. The molecule has 0 unspecified atom stereocenters. The van der Waals surface area contributed by atoms with Gasteiger partial charge in [-0.25, -0.2) is 0 Å². The second-order valence-corrected chi connectivity index (χ2v) is 18.9. The van der Waals surface area contributed by atoms with Crippen LogP contribution in [0, 0.1) is 0 Å². The van der Waals surface area contributed by atoms with E-state index in [-0.39, 0.29) is 5.41 Å².